The Hall–Kier alpha value is -1.62. The third kappa shape index (κ3) is 2.24. The Kier molecular flexibility index (Phi) is 3.28. The molecular formula is C12H11BrN2O2. The van der Waals surface area contributed by atoms with Crippen molar-refractivity contribution in [2.45, 2.75) is 13.3 Å². The lowest BCUT2D eigenvalue weighted by atomic mass is 10.1. The standard InChI is InChI=1S/C12H11BrN2O2/c1-2-9-14-11(16)10(12(17)15-9)7-5-3-4-6-8(7)13/h3-6H,2H2,1H3,(H2,14,15,16,17). The molecule has 0 aliphatic rings. The predicted octanol–water partition coefficient (Wildman–Crippen LogP) is 2.47. The summed E-state index contributed by atoms with van der Waals surface area (Å²) in [6, 6.07) is 7.20. The van der Waals surface area contributed by atoms with Gasteiger partial charge in [0.15, 0.2) is 0 Å². The van der Waals surface area contributed by atoms with Gasteiger partial charge < -0.3 is 10.1 Å². The highest BCUT2D eigenvalue weighted by Gasteiger charge is 2.14. The molecule has 1 aromatic heterocycles. The van der Waals surface area contributed by atoms with Crippen molar-refractivity contribution >= 4 is 15.9 Å². The maximum atomic E-state index is 11.9. The van der Waals surface area contributed by atoms with Crippen molar-refractivity contribution in [2.75, 3.05) is 0 Å². The van der Waals surface area contributed by atoms with Crippen molar-refractivity contribution in [3.63, 3.8) is 0 Å². The predicted molar refractivity (Wildman–Crippen MR) is 69.0 cm³/mol. The minimum atomic E-state index is -0.332. The van der Waals surface area contributed by atoms with Gasteiger partial charge in [0.1, 0.15) is 11.4 Å². The summed E-state index contributed by atoms with van der Waals surface area (Å²) in [6.45, 7) is 1.86. The molecule has 0 amide bonds. The molecule has 0 saturated carbocycles. The van der Waals surface area contributed by atoms with E-state index >= 15 is 0 Å². The van der Waals surface area contributed by atoms with Crippen LogP contribution in [0.2, 0.25) is 0 Å². The van der Waals surface area contributed by atoms with E-state index in [0.717, 1.165) is 4.47 Å². The zero-order valence-electron chi connectivity index (χ0n) is 9.20. The first kappa shape index (κ1) is 11.9. The number of benzene rings is 1. The largest absolute Gasteiger partial charge is 0.493 e. The van der Waals surface area contributed by atoms with Crippen molar-refractivity contribution in [3.8, 4) is 17.0 Å². The minimum absolute atomic E-state index is 0.190. The third-order valence-corrected chi connectivity index (χ3v) is 3.12. The van der Waals surface area contributed by atoms with Crippen LogP contribution >= 0.6 is 15.9 Å². The summed E-state index contributed by atoms with van der Waals surface area (Å²) >= 11 is 3.35. The molecule has 0 atom stereocenters. The number of aromatic amines is 1. The molecule has 1 heterocycles. The Morgan fingerprint density at radius 1 is 1.41 bits per heavy atom. The first-order valence-corrected chi connectivity index (χ1v) is 5.99. The number of H-pyrrole nitrogens is 1. The smallest absolute Gasteiger partial charge is 0.262 e. The van der Waals surface area contributed by atoms with Crippen molar-refractivity contribution in [1.82, 2.24) is 9.97 Å². The molecule has 0 aliphatic carbocycles. The fraction of sp³-hybridized carbons (Fsp3) is 0.167. The second kappa shape index (κ2) is 4.71. The van der Waals surface area contributed by atoms with Crippen molar-refractivity contribution in [3.05, 3.63) is 44.9 Å². The quantitative estimate of drug-likeness (QED) is 0.894. The van der Waals surface area contributed by atoms with Gasteiger partial charge in [-0.05, 0) is 6.07 Å². The van der Waals surface area contributed by atoms with E-state index in [9.17, 15) is 9.90 Å². The molecule has 2 aromatic rings. The molecule has 0 fully saturated rings. The van der Waals surface area contributed by atoms with Crippen molar-refractivity contribution in [1.29, 1.82) is 0 Å². The Morgan fingerprint density at radius 3 is 2.71 bits per heavy atom. The normalized spacial score (nSPS) is 10.5. The van der Waals surface area contributed by atoms with Crippen LogP contribution < -0.4 is 5.56 Å². The van der Waals surface area contributed by atoms with Crippen LogP contribution in [0.4, 0.5) is 0 Å². The highest BCUT2D eigenvalue weighted by molar-refractivity contribution is 9.10. The van der Waals surface area contributed by atoms with Crippen LogP contribution in [-0.2, 0) is 6.42 Å². The highest BCUT2D eigenvalue weighted by Crippen LogP contribution is 2.29. The van der Waals surface area contributed by atoms with Gasteiger partial charge in [-0.2, -0.15) is 4.98 Å². The van der Waals surface area contributed by atoms with Gasteiger partial charge in [-0.15, -0.1) is 0 Å². The number of hydrogen-bond donors (Lipinski definition) is 2. The number of aryl methyl sites for hydroxylation is 1. The lowest BCUT2D eigenvalue weighted by Crippen LogP contribution is -2.13. The average Bonchev–Trinajstić information content (AvgIpc) is 2.30. The molecule has 0 unspecified atom stereocenters. The second-order valence-electron chi connectivity index (χ2n) is 3.54. The van der Waals surface area contributed by atoms with E-state index in [1.54, 1.807) is 12.1 Å². The minimum Gasteiger partial charge on any atom is -0.493 e. The van der Waals surface area contributed by atoms with Crippen LogP contribution in [0, 0.1) is 0 Å². The van der Waals surface area contributed by atoms with E-state index in [1.165, 1.54) is 0 Å². The van der Waals surface area contributed by atoms with E-state index < -0.39 is 0 Å². The van der Waals surface area contributed by atoms with Gasteiger partial charge in [0.2, 0.25) is 5.88 Å². The number of nitrogens with one attached hydrogen (secondary N) is 1. The van der Waals surface area contributed by atoms with Crippen LogP contribution in [0.25, 0.3) is 11.1 Å². The third-order valence-electron chi connectivity index (χ3n) is 2.43. The number of halogens is 1. The molecule has 4 nitrogen and oxygen atoms in total. The number of aromatic nitrogens is 2. The Morgan fingerprint density at radius 2 is 2.12 bits per heavy atom. The maximum Gasteiger partial charge on any atom is 0.262 e. The summed E-state index contributed by atoms with van der Waals surface area (Å²) in [5, 5.41) is 9.83. The van der Waals surface area contributed by atoms with Gasteiger partial charge in [-0.25, -0.2) is 0 Å². The lowest BCUT2D eigenvalue weighted by molar-refractivity contribution is 0.450. The zero-order valence-corrected chi connectivity index (χ0v) is 10.8. The first-order valence-electron chi connectivity index (χ1n) is 5.20. The maximum absolute atomic E-state index is 11.9. The van der Waals surface area contributed by atoms with Crippen LogP contribution in [0.3, 0.4) is 0 Å². The van der Waals surface area contributed by atoms with Gasteiger partial charge in [0, 0.05) is 16.5 Å². The fourth-order valence-corrected chi connectivity index (χ4v) is 2.06. The van der Waals surface area contributed by atoms with Gasteiger partial charge >= 0.3 is 0 Å². The molecule has 0 aliphatic heterocycles. The Bertz CT molecular complexity index is 608. The molecule has 0 bridgehead atoms. The molecule has 88 valence electrons. The molecule has 0 saturated heterocycles. The van der Waals surface area contributed by atoms with E-state index in [1.807, 2.05) is 19.1 Å². The van der Waals surface area contributed by atoms with Gasteiger partial charge in [-0.1, -0.05) is 41.1 Å². The summed E-state index contributed by atoms with van der Waals surface area (Å²) in [4.78, 5) is 18.5. The SMILES string of the molecule is CCc1nc(O)c(-c2ccccc2Br)c(=O)[nH]1. The van der Waals surface area contributed by atoms with Gasteiger partial charge in [0.25, 0.3) is 5.56 Å². The van der Waals surface area contributed by atoms with Crippen LogP contribution in [-0.4, -0.2) is 15.1 Å². The summed E-state index contributed by atoms with van der Waals surface area (Å²) in [5.74, 6) is 0.237. The fourth-order valence-electron chi connectivity index (χ4n) is 1.58. The molecule has 17 heavy (non-hydrogen) atoms. The molecule has 2 rings (SSSR count). The summed E-state index contributed by atoms with van der Waals surface area (Å²) in [7, 11) is 0. The van der Waals surface area contributed by atoms with Crippen LogP contribution in [0.5, 0.6) is 5.88 Å². The topological polar surface area (TPSA) is 66.0 Å². The van der Waals surface area contributed by atoms with Gasteiger partial charge in [0.05, 0.1) is 0 Å². The average molecular weight is 295 g/mol. The lowest BCUT2D eigenvalue weighted by Gasteiger charge is -2.06. The monoisotopic (exact) mass is 294 g/mol. The van der Waals surface area contributed by atoms with E-state index in [0.29, 0.717) is 17.8 Å². The molecule has 2 N–H and O–H groups in total. The number of nitrogens with zero attached hydrogens (tertiary/aromatic N) is 1. The second-order valence-corrected chi connectivity index (χ2v) is 4.40. The van der Waals surface area contributed by atoms with Crippen molar-refractivity contribution in [2.24, 2.45) is 0 Å². The zero-order chi connectivity index (χ0) is 12.4. The van der Waals surface area contributed by atoms with Crippen LogP contribution in [0.1, 0.15) is 12.7 Å². The molecule has 0 radical (unpaired) electrons. The molecular weight excluding hydrogens is 284 g/mol. The number of rotatable bonds is 2. The van der Waals surface area contributed by atoms with Crippen LogP contribution in [0.15, 0.2) is 33.5 Å². The summed E-state index contributed by atoms with van der Waals surface area (Å²) < 4.78 is 0.742. The molecule has 0 spiro atoms. The molecule has 1 aromatic carbocycles. The summed E-state index contributed by atoms with van der Waals surface area (Å²) in [5.41, 5.74) is 0.484. The van der Waals surface area contributed by atoms with E-state index in [4.69, 9.17) is 0 Å². The number of hydrogen-bond acceptors (Lipinski definition) is 3. The first-order chi connectivity index (χ1) is 8.13. The summed E-state index contributed by atoms with van der Waals surface area (Å²) in [6.07, 6.45) is 0.568. The Balaban J connectivity index is 2.69. The highest BCUT2D eigenvalue weighted by atomic mass is 79.9. The van der Waals surface area contributed by atoms with Gasteiger partial charge in [-0.3, -0.25) is 4.79 Å². The number of aromatic hydroxyl groups is 1. The van der Waals surface area contributed by atoms with E-state index in [2.05, 4.69) is 25.9 Å². The Labute approximate surface area is 106 Å². The van der Waals surface area contributed by atoms with Crippen molar-refractivity contribution < 1.29 is 5.11 Å². The van der Waals surface area contributed by atoms with E-state index in [-0.39, 0.29) is 17.0 Å². The molecule has 5 heteroatoms.